The molecule has 1 fully saturated rings. The van der Waals surface area contributed by atoms with E-state index < -0.39 is 11.7 Å². The van der Waals surface area contributed by atoms with E-state index in [9.17, 15) is 13.2 Å². The molecule has 0 aliphatic carbocycles. The molecule has 0 unspecified atom stereocenters. The molecule has 0 atom stereocenters. The van der Waals surface area contributed by atoms with Gasteiger partial charge in [0.2, 0.25) is 0 Å². The molecule has 1 saturated heterocycles. The summed E-state index contributed by atoms with van der Waals surface area (Å²) in [5.74, 6) is 0.316. The number of rotatable bonds is 1. The molecule has 2 rings (SSSR count). The van der Waals surface area contributed by atoms with E-state index in [2.05, 4.69) is 5.32 Å². The highest BCUT2D eigenvalue weighted by atomic mass is 35.5. The Morgan fingerprint density at radius 1 is 1.18 bits per heavy atom. The Bertz CT molecular complexity index is 397. The van der Waals surface area contributed by atoms with Crippen LogP contribution in [0.3, 0.4) is 0 Å². The van der Waals surface area contributed by atoms with Gasteiger partial charge < -0.3 is 5.32 Å². The van der Waals surface area contributed by atoms with E-state index in [1.165, 1.54) is 6.07 Å². The van der Waals surface area contributed by atoms with Gasteiger partial charge in [-0.15, -0.1) is 0 Å². The van der Waals surface area contributed by atoms with Crippen molar-refractivity contribution in [1.82, 2.24) is 5.32 Å². The molecule has 1 aromatic carbocycles. The molecule has 5 heteroatoms. The van der Waals surface area contributed by atoms with Gasteiger partial charge in [0.1, 0.15) is 0 Å². The zero-order valence-electron chi connectivity index (χ0n) is 9.15. The lowest BCUT2D eigenvalue weighted by molar-refractivity contribution is -0.137. The molecule has 1 aliphatic heterocycles. The molecule has 1 heterocycles. The van der Waals surface area contributed by atoms with Gasteiger partial charge in [-0.3, -0.25) is 0 Å². The lowest BCUT2D eigenvalue weighted by Gasteiger charge is -2.23. The summed E-state index contributed by atoms with van der Waals surface area (Å²) in [5, 5.41) is 3.02. The topological polar surface area (TPSA) is 12.0 Å². The number of nitrogens with one attached hydrogen (secondary N) is 1. The highest BCUT2D eigenvalue weighted by Gasteiger charge is 2.33. The van der Waals surface area contributed by atoms with E-state index in [1.807, 2.05) is 0 Å². The number of hydrogen-bond donors (Lipinski definition) is 1. The van der Waals surface area contributed by atoms with Crippen molar-refractivity contribution in [3.05, 3.63) is 34.3 Å². The van der Waals surface area contributed by atoms with Crippen LogP contribution in [0.5, 0.6) is 0 Å². The molecule has 1 aromatic rings. The number of halogens is 4. The molecule has 0 amide bonds. The largest absolute Gasteiger partial charge is 0.417 e. The van der Waals surface area contributed by atoms with Crippen LogP contribution in [0.25, 0.3) is 0 Å². The predicted octanol–water partition coefficient (Wildman–Crippen LogP) is 3.83. The Balaban J connectivity index is 2.24. The maximum atomic E-state index is 12.5. The SMILES string of the molecule is FC(F)(F)c1ccc(C2CCNCC2)cc1Cl. The normalized spacial score (nSPS) is 18.4. The minimum Gasteiger partial charge on any atom is -0.317 e. The molecule has 0 saturated carbocycles. The number of benzene rings is 1. The van der Waals surface area contributed by atoms with Crippen molar-refractivity contribution in [3.63, 3.8) is 0 Å². The lowest BCUT2D eigenvalue weighted by atomic mass is 9.90. The Labute approximate surface area is 103 Å². The highest BCUT2D eigenvalue weighted by molar-refractivity contribution is 6.31. The summed E-state index contributed by atoms with van der Waals surface area (Å²) >= 11 is 5.70. The fraction of sp³-hybridized carbons (Fsp3) is 0.500. The van der Waals surface area contributed by atoms with Gasteiger partial charge in [-0.2, -0.15) is 13.2 Å². The van der Waals surface area contributed by atoms with Crippen LogP contribution >= 0.6 is 11.6 Å². The third-order valence-corrected chi connectivity index (χ3v) is 3.42. The molecule has 0 bridgehead atoms. The maximum Gasteiger partial charge on any atom is 0.417 e. The van der Waals surface area contributed by atoms with Crippen molar-refractivity contribution in [2.45, 2.75) is 24.9 Å². The van der Waals surface area contributed by atoms with Gasteiger partial charge in [-0.1, -0.05) is 17.7 Å². The quantitative estimate of drug-likeness (QED) is 0.812. The van der Waals surface area contributed by atoms with Crippen LogP contribution in [0.1, 0.15) is 29.9 Å². The average Bonchev–Trinajstić information content (AvgIpc) is 2.28. The van der Waals surface area contributed by atoms with Crippen LogP contribution < -0.4 is 5.32 Å². The monoisotopic (exact) mass is 263 g/mol. The average molecular weight is 264 g/mol. The van der Waals surface area contributed by atoms with Gasteiger partial charge in [0.25, 0.3) is 0 Å². The van der Waals surface area contributed by atoms with E-state index in [4.69, 9.17) is 11.6 Å². The third-order valence-electron chi connectivity index (χ3n) is 3.11. The van der Waals surface area contributed by atoms with E-state index >= 15 is 0 Å². The molecule has 17 heavy (non-hydrogen) atoms. The molecular weight excluding hydrogens is 251 g/mol. The van der Waals surface area contributed by atoms with Crippen molar-refractivity contribution >= 4 is 11.6 Å². The molecule has 0 aromatic heterocycles. The van der Waals surface area contributed by atoms with Gasteiger partial charge in [-0.05, 0) is 49.5 Å². The summed E-state index contributed by atoms with van der Waals surface area (Å²) in [6.07, 6.45) is -2.48. The minimum absolute atomic E-state index is 0.200. The third kappa shape index (κ3) is 2.93. The van der Waals surface area contributed by atoms with E-state index in [-0.39, 0.29) is 5.02 Å². The van der Waals surface area contributed by atoms with E-state index in [0.717, 1.165) is 37.6 Å². The Hall–Kier alpha value is -0.740. The van der Waals surface area contributed by atoms with Crippen molar-refractivity contribution in [1.29, 1.82) is 0 Å². The number of piperidine rings is 1. The zero-order chi connectivity index (χ0) is 12.5. The second-order valence-corrected chi connectivity index (χ2v) is 4.67. The molecule has 94 valence electrons. The summed E-state index contributed by atoms with van der Waals surface area (Å²) < 4.78 is 37.6. The molecule has 1 N–H and O–H groups in total. The standard InChI is InChI=1S/C12H13ClF3N/c13-11-7-9(8-3-5-17-6-4-8)1-2-10(11)12(14,15)16/h1-2,7-8,17H,3-6H2. The second-order valence-electron chi connectivity index (χ2n) is 4.26. The summed E-state index contributed by atoms with van der Waals surface area (Å²) in [6.45, 7) is 1.81. The highest BCUT2D eigenvalue weighted by Crippen LogP contribution is 2.37. The van der Waals surface area contributed by atoms with Crippen LogP contribution in [0.2, 0.25) is 5.02 Å². The fourth-order valence-electron chi connectivity index (χ4n) is 2.17. The number of hydrogen-bond acceptors (Lipinski definition) is 1. The molecule has 0 radical (unpaired) electrons. The first-order valence-electron chi connectivity index (χ1n) is 5.56. The Morgan fingerprint density at radius 2 is 1.82 bits per heavy atom. The van der Waals surface area contributed by atoms with Crippen LogP contribution in [0.15, 0.2) is 18.2 Å². The summed E-state index contributed by atoms with van der Waals surface area (Å²) in [5.41, 5.74) is 0.154. The maximum absolute atomic E-state index is 12.5. The lowest BCUT2D eigenvalue weighted by Crippen LogP contribution is -2.26. The van der Waals surface area contributed by atoms with Crippen LogP contribution in [-0.4, -0.2) is 13.1 Å². The smallest absolute Gasteiger partial charge is 0.317 e. The van der Waals surface area contributed by atoms with Gasteiger partial charge in [0.15, 0.2) is 0 Å². The summed E-state index contributed by atoms with van der Waals surface area (Å²) in [7, 11) is 0. The summed E-state index contributed by atoms with van der Waals surface area (Å²) in [6, 6.07) is 4.09. The minimum atomic E-state index is -4.37. The molecule has 1 nitrogen and oxygen atoms in total. The second kappa shape index (κ2) is 4.86. The van der Waals surface area contributed by atoms with Crippen molar-refractivity contribution in [3.8, 4) is 0 Å². The molecule has 0 spiro atoms. The first-order chi connectivity index (χ1) is 7.98. The van der Waals surface area contributed by atoms with Crippen molar-refractivity contribution in [2.24, 2.45) is 0 Å². The van der Waals surface area contributed by atoms with Crippen molar-refractivity contribution in [2.75, 3.05) is 13.1 Å². The number of alkyl halides is 3. The van der Waals surface area contributed by atoms with Crippen LogP contribution in [0.4, 0.5) is 13.2 Å². The Morgan fingerprint density at radius 3 is 2.35 bits per heavy atom. The van der Waals surface area contributed by atoms with Gasteiger partial charge in [0.05, 0.1) is 10.6 Å². The van der Waals surface area contributed by atoms with Crippen molar-refractivity contribution < 1.29 is 13.2 Å². The molecule has 1 aliphatic rings. The van der Waals surface area contributed by atoms with Crippen LogP contribution in [-0.2, 0) is 6.18 Å². The summed E-state index contributed by atoms with van der Waals surface area (Å²) in [4.78, 5) is 0. The van der Waals surface area contributed by atoms with Gasteiger partial charge >= 0.3 is 6.18 Å². The first kappa shape index (κ1) is 12.7. The van der Waals surface area contributed by atoms with E-state index in [1.54, 1.807) is 6.07 Å². The first-order valence-corrected chi connectivity index (χ1v) is 5.93. The predicted molar refractivity (Wildman–Crippen MR) is 61.3 cm³/mol. The Kier molecular flexibility index (Phi) is 3.64. The van der Waals surface area contributed by atoms with Gasteiger partial charge in [-0.25, -0.2) is 0 Å². The van der Waals surface area contributed by atoms with Gasteiger partial charge in [0, 0.05) is 0 Å². The van der Waals surface area contributed by atoms with E-state index in [0.29, 0.717) is 5.92 Å². The zero-order valence-corrected chi connectivity index (χ0v) is 9.91. The van der Waals surface area contributed by atoms with Crippen LogP contribution in [0, 0.1) is 0 Å². The fourth-order valence-corrected chi connectivity index (χ4v) is 2.47. The molecular formula is C12H13ClF3N.